The van der Waals surface area contributed by atoms with E-state index in [4.69, 9.17) is 14.3 Å². The number of hydrogen-bond donors (Lipinski definition) is 0. The van der Waals surface area contributed by atoms with Crippen molar-refractivity contribution in [3.63, 3.8) is 0 Å². The van der Waals surface area contributed by atoms with Gasteiger partial charge in [-0.25, -0.2) is 4.39 Å². The molecule has 35 heavy (non-hydrogen) atoms. The van der Waals surface area contributed by atoms with E-state index in [1.54, 1.807) is 30.3 Å². The smallest absolute Gasteiger partial charge is 0.307 e. The summed E-state index contributed by atoms with van der Waals surface area (Å²) in [4.78, 5) is 16.3. The fraction of sp³-hybridized carbons (Fsp3) is 0.222. The fourth-order valence-corrected chi connectivity index (χ4v) is 3.25. The summed E-state index contributed by atoms with van der Waals surface area (Å²) in [5, 5.41) is 13.3. The second-order valence-electron chi connectivity index (χ2n) is 7.46. The molecule has 0 saturated carbocycles. The number of carbonyl (C=O) groups is 1. The lowest BCUT2D eigenvalue weighted by Crippen LogP contribution is -2.14. The third-order valence-corrected chi connectivity index (χ3v) is 5.11. The molecule has 180 valence electrons. The molecular weight excluding hydrogens is 451 g/mol. The highest BCUT2D eigenvalue weighted by Gasteiger charge is 2.16. The Morgan fingerprint density at radius 2 is 1.77 bits per heavy atom. The average Bonchev–Trinajstić information content (AvgIpc) is 2.90. The summed E-state index contributed by atoms with van der Waals surface area (Å²) >= 11 is 0. The lowest BCUT2D eigenvalue weighted by Gasteiger charge is -2.12. The Labute approximate surface area is 203 Å². The highest BCUT2D eigenvalue weighted by molar-refractivity contribution is 6.01. The van der Waals surface area contributed by atoms with Crippen molar-refractivity contribution >= 4 is 11.7 Å². The molecule has 0 bridgehead atoms. The Bertz CT molecular complexity index is 1190. The van der Waals surface area contributed by atoms with Gasteiger partial charge in [-0.15, -0.1) is 0 Å². The van der Waals surface area contributed by atoms with Crippen LogP contribution in [0.15, 0.2) is 78.0 Å². The molecule has 0 N–H and O–H groups in total. The SMILES string of the molecule is CO/N=C(\COc1ccc(COc2ccc(C(C#N)CC(=O)OC)cc2)cc1F)c1ccccc1. The predicted octanol–water partition coefficient (Wildman–Crippen LogP) is 5.00. The molecule has 7 nitrogen and oxygen atoms in total. The number of rotatable bonds is 11. The van der Waals surface area contributed by atoms with Gasteiger partial charge in [0, 0.05) is 5.56 Å². The van der Waals surface area contributed by atoms with Gasteiger partial charge in [0.15, 0.2) is 11.6 Å². The molecule has 3 aromatic carbocycles. The second-order valence-corrected chi connectivity index (χ2v) is 7.46. The van der Waals surface area contributed by atoms with Crippen molar-refractivity contribution in [3.05, 3.63) is 95.3 Å². The number of hydrogen-bond acceptors (Lipinski definition) is 7. The first-order valence-corrected chi connectivity index (χ1v) is 10.8. The van der Waals surface area contributed by atoms with Crippen LogP contribution in [0, 0.1) is 17.1 Å². The lowest BCUT2D eigenvalue weighted by molar-refractivity contribution is -0.140. The van der Waals surface area contributed by atoms with E-state index in [1.807, 2.05) is 30.3 Å². The van der Waals surface area contributed by atoms with Gasteiger partial charge in [-0.2, -0.15) is 5.26 Å². The molecule has 0 aliphatic rings. The van der Waals surface area contributed by atoms with E-state index in [-0.39, 0.29) is 25.4 Å². The number of benzene rings is 3. The van der Waals surface area contributed by atoms with Gasteiger partial charge in [-0.1, -0.05) is 53.7 Å². The van der Waals surface area contributed by atoms with Gasteiger partial charge in [0.05, 0.1) is 25.5 Å². The number of halogens is 1. The average molecular weight is 477 g/mol. The van der Waals surface area contributed by atoms with Crippen molar-refractivity contribution in [1.29, 1.82) is 5.26 Å². The topological polar surface area (TPSA) is 90.1 Å². The van der Waals surface area contributed by atoms with Crippen LogP contribution in [-0.2, 0) is 21.0 Å². The van der Waals surface area contributed by atoms with Gasteiger partial charge in [0.25, 0.3) is 0 Å². The molecule has 1 unspecified atom stereocenters. The highest BCUT2D eigenvalue weighted by atomic mass is 19.1. The Morgan fingerprint density at radius 3 is 2.40 bits per heavy atom. The Kier molecular flexibility index (Phi) is 9.20. The minimum Gasteiger partial charge on any atom is -0.489 e. The molecule has 0 aliphatic carbocycles. The third kappa shape index (κ3) is 7.30. The molecule has 0 heterocycles. The Hall–Kier alpha value is -4.38. The Balaban J connectivity index is 1.58. The maximum absolute atomic E-state index is 14.6. The van der Waals surface area contributed by atoms with Crippen molar-refractivity contribution in [2.45, 2.75) is 18.9 Å². The van der Waals surface area contributed by atoms with Crippen LogP contribution in [0.4, 0.5) is 4.39 Å². The van der Waals surface area contributed by atoms with Gasteiger partial charge in [-0.05, 0) is 35.4 Å². The molecule has 3 rings (SSSR count). The van der Waals surface area contributed by atoms with Crippen molar-refractivity contribution in [1.82, 2.24) is 0 Å². The molecule has 0 aliphatic heterocycles. The van der Waals surface area contributed by atoms with Crippen LogP contribution in [-0.4, -0.2) is 32.5 Å². The van der Waals surface area contributed by atoms with E-state index in [0.29, 0.717) is 22.6 Å². The zero-order chi connectivity index (χ0) is 25.0. The van der Waals surface area contributed by atoms with Gasteiger partial charge in [0.2, 0.25) is 0 Å². The number of ether oxygens (including phenoxy) is 3. The van der Waals surface area contributed by atoms with Crippen LogP contribution in [0.2, 0.25) is 0 Å². The van der Waals surface area contributed by atoms with Crippen LogP contribution >= 0.6 is 0 Å². The summed E-state index contributed by atoms with van der Waals surface area (Å²) in [5.74, 6) is -0.937. The van der Waals surface area contributed by atoms with E-state index >= 15 is 0 Å². The van der Waals surface area contributed by atoms with Crippen LogP contribution in [0.5, 0.6) is 11.5 Å². The molecular formula is C27H25FN2O5. The maximum Gasteiger partial charge on any atom is 0.307 e. The van der Waals surface area contributed by atoms with Crippen molar-refractivity contribution in [3.8, 4) is 17.6 Å². The van der Waals surface area contributed by atoms with Gasteiger partial charge < -0.3 is 19.0 Å². The number of oxime groups is 1. The lowest BCUT2D eigenvalue weighted by atomic mass is 9.97. The normalized spacial score (nSPS) is 11.8. The first-order chi connectivity index (χ1) is 17.0. The van der Waals surface area contributed by atoms with E-state index in [2.05, 4.69) is 16.0 Å². The number of methoxy groups -OCH3 is 1. The molecule has 0 fully saturated rings. The summed E-state index contributed by atoms with van der Waals surface area (Å²) in [5.41, 5.74) is 2.66. The summed E-state index contributed by atoms with van der Waals surface area (Å²) in [6.07, 6.45) is -0.0228. The molecule has 8 heteroatoms. The zero-order valence-corrected chi connectivity index (χ0v) is 19.4. The van der Waals surface area contributed by atoms with E-state index in [1.165, 1.54) is 26.4 Å². The summed E-state index contributed by atoms with van der Waals surface area (Å²) < 4.78 is 30.6. The minimum absolute atomic E-state index is 0.0228. The maximum atomic E-state index is 14.6. The standard InChI is InChI=1S/C27H25FN2O5/c1-32-27(31)15-22(16-29)20-9-11-23(12-10-20)34-17-19-8-13-26(24(28)14-19)35-18-25(30-33-2)21-6-4-3-5-7-21/h3-14,22H,15,17-18H2,1-2H3/b30-25+. The molecule has 1 atom stereocenters. The Morgan fingerprint density at radius 1 is 1.03 bits per heavy atom. The molecule has 0 spiro atoms. The fourth-order valence-electron chi connectivity index (χ4n) is 3.25. The third-order valence-electron chi connectivity index (χ3n) is 5.11. The van der Waals surface area contributed by atoms with Gasteiger partial charge in [0.1, 0.15) is 31.8 Å². The monoisotopic (exact) mass is 476 g/mol. The van der Waals surface area contributed by atoms with Crippen molar-refractivity contribution < 1.29 is 28.2 Å². The number of carbonyl (C=O) groups excluding carboxylic acids is 1. The number of nitriles is 1. The molecule has 0 aromatic heterocycles. The first kappa shape index (κ1) is 25.2. The van der Waals surface area contributed by atoms with E-state index in [0.717, 1.165) is 5.56 Å². The zero-order valence-electron chi connectivity index (χ0n) is 19.4. The molecule has 3 aromatic rings. The quantitative estimate of drug-likeness (QED) is 0.220. The second kappa shape index (κ2) is 12.8. The van der Waals surface area contributed by atoms with Crippen molar-refractivity contribution in [2.75, 3.05) is 20.8 Å². The number of nitrogens with zero attached hydrogens (tertiary/aromatic N) is 2. The molecule has 0 radical (unpaired) electrons. The minimum atomic E-state index is -0.602. The van der Waals surface area contributed by atoms with Gasteiger partial charge >= 0.3 is 5.97 Å². The van der Waals surface area contributed by atoms with Crippen LogP contribution in [0.1, 0.15) is 29.0 Å². The van der Waals surface area contributed by atoms with E-state index < -0.39 is 17.7 Å². The van der Waals surface area contributed by atoms with Crippen LogP contribution < -0.4 is 9.47 Å². The molecule has 0 saturated heterocycles. The predicted molar refractivity (Wildman–Crippen MR) is 128 cm³/mol. The largest absolute Gasteiger partial charge is 0.489 e. The highest BCUT2D eigenvalue weighted by Crippen LogP contribution is 2.24. The van der Waals surface area contributed by atoms with Crippen LogP contribution in [0.3, 0.4) is 0 Å². The van der Waals surface area contributed by atoms with Crippen LogP contribution in [0.25, 0.3) is 0 Å². The first-order valence-electron chi connectivity index (χ1n) is 10.8. The summed E-state index contributed by atoms with van der Waals surface area (Å²) in [6, 6.07) is 22.9. The number of esters is 1. The van der Waals surface area contributed by atoms with Crippen molar-refractivity contribution in [2.24, 2.45) is 5.16 Å². The molecule has 0 amide bonds. The van der Waals surface area contributed by atoms with E-state index in [9.17, 15) is 14.4 Å². The summed E-state index contributed by atoms with van der Waals surface area (Å²) in [6.45, 7) is 0.178. The van der Waals surface area contributed by atoms with Gasteiger partial charge in [-0.3, -0.25) is 4.79 Å². The summed E-state index contributed by atoms with van der Waals surface area (Å²) in [7, 11) is 2.73.